The number of phenolic OH excluding ortho intramolecular Hbond substituents is 1. The van der Waals surface area contributed by atoms with Crippen LogP contribution in [0, 0.1) is 6.92 Å². The second-order valence-electron chi connectivity index (χ2n) is 5.03. The summed E-state index contributed by atoms with van der Waals surface area (Å²) >= 11 is 6.15. The molecular formula is C16H16ClNO. The van der Waals surface area contributed by atoms with E-state index in [2.05, 4.69) is 11.4 Å². The van der Waals surface area contributed by atoms with Crippen molar-refractivity contribution >= 4 is 17.3 Å². The number of hydrogen-bond acceptors (Lipinski definition) is 2. The number of aryl methyl sites for hydroxylation is 1. The summed E-state index contributed by atoms with van der Waals surface area (Å²) in [5, 5.41) is 13.9. The third kappa shape index (κ3) is 2.28. The molecule has 19 heavy (non-hydrogen) atoms. The summed E-state index contributed by atoms with van der Waals surface area (Å²) in [5.74, 6) is 0.346. The van der Waals surface area contributed by atoms with Crippen LogP contribution in [0.15, 0.2) is 36.4 Å². The number of hydrogen-bond donors (Lipinski definition) is 2. The van der Waals surface area contributed by atoms with Gasteiger partial charge in [0, 0.05) is 10.7 Å². The fourth-order valence-corrected chi connectivity index (χ4v) is 2.88. The van der Waals surface area contributed by atoms with Gasteiger partial charge in [0.25, 0.3) is 0 Å². The minimum atomic E-state index is 0.299. The molecule has 0 radical (unpaired) electrons. The van der Waals surface area contributed by atoms with Gasteiger partial charge in [0.2, 0.25) is 0 Å². The van der Waals surface area contributed by atoms with E-state index in [4.69, 9.17) is 11.6 Å². The summed E-state index contributed by atoms with van der Waals surface area (Å²) in [7, 11) is 0. The summed E-state index contributed by atoms with van der Waals surface area (Å²) in [6.07, 6.45) is 2.05. The minimum absolute atomic E-state index is 0.299. The van der Waals surface area contributed by atoms with Gasteiger partial charge in [0.05, 0.1) is 6.04 Å². The molecule has 0 bridgehead atoms. The van der Waals surface area contributed by atoms with Crippen molar-refractivity contribution in [3.63, 3.8) is 0 Å². The van der Waals surface area contributed by atoms with E-state index in [1.807, 2.05) is 31.2 Å². The van der Waals surface area contributed by atoms with Crippen LogP contribution in [0.4, 0.5) is 5.69 Å². The molecule has 0 fully saturated rings. The van der Waals surface area contributed by atoms with Crippen molar-refractivity contribution in [2.75, 3.05) is 5.32 Å². The van der Waals surface area contributed by atoms with Crippen molar-refractivity contribution in [2.45, 2.75) is 25.8 Å². The van der Waals surface area contributed by atoms with E-state index in [0.717, 1.165) is 29.1 Å². The molecule has 1 aliphatic rings. The highest BCUT2D eigenvalue weighted by molar-refractivity contribution is 6.31. The standard InChI is InChI=1S/C16H16ClNO/c1-10-14(17)3-2-4-15(10)18-16-8-5-11-9-12(19)6-7-13(11)16/h2-4,6-7,9,16,18-19H,5,8H2,1H3. The molecule has 0 aliphatic heterocycles. The molecule has 98 valence electrons. The number of nitrogens with one attached hydrogen (secondary N) is 1. The fourth-order valence-electron chi connectivity index (χ4n) is 2.71. The van der Waals surface area contributed by atoms with Gasteiger partial charge in [-0.1, -0.05) is 23.7 Å². The molecule has 0 heterocycles. The average molecular weight is 274 g/mol. The van der Waals surface area contributed by atoms with Crippen molar-refractivity contribution < 1.29 is 5.11 Å². The molecule has 0 amide bonds. The van der Waals surface area contributed by atoms with E-state index in [-0.39, 0.29) is 0 Å². The van der Waals surface area contributed by atoms with Crippen molar-refractivity contribution in [1.82, 2.24) is 0 Å². The molecule has 3 rings (SSSR count). The van der Waals surface area contributed by atoms with Gasteiger partial charge in [-0.3, -0.25) is 0 Å². The Labute approximate surface area is 118 Å². The van der Waals surface area contributed by atoms with E-state index < -0.39 is 0 Å². The number of phenols is 1. The third-order valence-corrected chi connectivity index (χ3v) is 4.21. The fraction of sp³-hybridized carbons (Fsp3) is 0.250. The zero-order chi connectivity index (χ0) is 13.4. The number of anilines is 1. The molecule has 0 saturated carbocycles. The summed E-state index contributed by atoms with van der Waals surface area (Å²) in [6, 6.07) is 11.8. The van der Waals surface area contributed by atoms with Gasteiger partial charge < -0.3 is 10.4 Å². The van der Waals surface area contributed by atoms with Crippen LogP contribution in [0.1, 0.15) is 29.2 Å². The Hall–Kier alpha value is -1.67. The number of aromatic hydroxyl groups is 1. The molecule has 0 spiro atoms. The second kappa shape index (κ2) is 4.78. The number of rotatable bonds is 2. The van der Waals surface area contributed by atoms with Crippen LogP contribution in [0.3, 0.4) is 0 Å². The first-order valence-corrected chi connectivity index (χ1v) is 6.86. The first kappa shape index (κ1) is 12.4. The lowest BCUT2D eigenvalue weighted by Crippen LogP contribution is -2.08. The zero-order valence-electron chi connectivity index (χ0n) is 10.8. The average Bonchev–Trinajstić information content (AvgIpc) is 2.77. The predicted octanol–water partition coefficient (Wildman–Crippen LogP) is 4.45. The maximum absolute atomic E-state index is 9.52. The Morgan fingerprint density at radius 3 is 2.95 bits per heavy atom. The number of benzene rings is 2. The first-order chi connectivity index (χ1) is 9.15. The third-order valence-electron chi connectivity index (χ3n) is 3.80. The molecule has 1 atom stereocenters. The van der Waals surface area contributed by atoms with Crippen molar-refractivity contribution in [3.8, 4) is 5.75 Å². The lowest BCUT2D eigenvalue weighted by Gasteiger charge is -2.18. The van der Waals surface area contributed by atoms with E-state index >= 15 is 0 Å². The highest BCUT2D eigenvalue weighted by Crippen LogP contribution is 2.36. The Morgan fingerprint density at radius 1 is 1.26 bits per heavy atom. The molecule has 1 aliphatic carbocycles. The van der Waals surface area contributed by atoms with Gasteiger partial charge in [-0.15, -0.1) is 0 Å². The van der Waals surface area contributed by atoms with Crippen LogP contribution in [-0.4, -0.2) is 5.11 Å². The summed E-state index contributed by atoms with van der Waals surface area (Å²) in [6.45, 7) is 2.03. The maximum atomic E-state index is 9.52. The van der Waals surface area contributed by atoms with Gasteiger partial charge in [-0.2, -0.15) is 0 Å². The van der Waals surface area contributed by atoms with E-state index in [1.54, 1.807) is 6.07 Å². The number of fused-ring (bicyclic) bond motifs is 1. The molecule has 0 aromatic heterocycles. The van der Waals surface area contributed by atoms with E-state index in [0.29, 0.717) is 11.8 Å². The summed E-state index contributed by atoms with van der Waals surface area (Å²) < 4.78 is 0. The molecule has 1 unspecified atom stereocenters. The summed E-state index contributed by atoms with van der Waals surface area (Å²) in [5.41, 5.74) is 4.67. The van der Waals surface area contributed by atoms with Crippen LogP contribution >= 0.6 is 11.6 Å². The van der Waals surface area contributed by atoms with Crippen molar-refractivity contribution in [1.29, 1.82) is 0 Å². The molecule has 2 aromatic rings. The molecule has 2 N–H and O–H groups in total. The molecule has 0 saturated heterocycles. The number of halogens is 1. The van der Waals surface area contributed by atoms with Gasteiger partial charge in [0.15, 0.2) is 0 Å². The largest absolute Gasteiger partial charge is 0.508 e. The van der Waals surface area contributed by atoms with Gasteiger partial charge in [-0.25, -0.2) is 0 Å². The normalized spacial score (nSPS) is 17.3. The lowest BCUT2D eigenvalue weighted by atomic mass is 10.1. The Balaban J connectivity index is 1.89. The SMILES string of the molecule is Cc1c(Cl)cccc1NC1CCc2cc(O)ccc21. The Bertz CT molecular complexity index is 624. The smallest absolute Gasteiger partial charge is 0.115 e. The van der Waals surface area contributed by atoms with Gasteiger partial charge >= 0.3 is 0 Å². The molecule has 2 nitrogen and oxygen atoms in total. The minimum Gasteiger partial charge on any atom is -0.508 e. The highest BCUT2D eigenvalue weighted by Gasteiger charge is 2.23. The van der Waals surface area contributed by atoms with Crippen molar-refractivity contribution in [3.05, 3.63) is 58.1 Å². The molecular weight excluding hydrogens is 258 g/mol. The van der Waals surface area contributed by atoms with Crippen LogP contribution in [-0.2, 0) is 6.42 Å². The van der Waals surface area contributed by atoms with Gasteiger partial charge in [-0.05, 0) is 60.7 Å². The zero-order valence-corrected chi connectivity index (χ0v) is 11.5. The lowest BCUT2D eigenvalue weighted by molar-refractivity contribution is 0.474. The van der Waals surface area contributed by atoms with Gasteiger partial charge in [0.1, 0.15) is 5.75 Å². The molecule has 2 aromatic carbocycles. The Kier molecular flexibility index (Phi) is 3.11. The topological polar surface area (TPSA) is 32.3 Å². The van der Waals surface area contributed by atoms with E-state index in [1.165, 1.54) is 11.1 Å². The summed E-state index contributed by atoms with van der Waals surface area (Å²) in [4.78, 5) is 0. The maximum Gasteiger partial charge on any atom is 0.115 e. The van der Waals surface area contributed by atoms with Crippen LogP contribution in [0.25, 0.3) is 0 Å². The van der Waals surface area contributed by atoms with Crippen LogP contribution < -0.4 is 5.32 Å². The predicted molar refractivity (Wildman–Crippen MR) is 79.0 cm³/mol. The van der Waals surface area contributed by atoms with Crippen LogP contribution in [0.2, 0.25) is 5.02 Å². The quantitative estimate of drug-likeness (QED) is 0.847. The van der Waals surface area contributed by atoms with Crippen LogP contribution in [0.5, 0.6) is 5.75 Å². The monoisotopic (exact) mass is 273 g/mol. The second-order valence-corrected chi connectivity index (χ2v) is 5.44. The van der Waals surface area contributed by atoms with Crippen molar-refractivity contribution in [2.24, 2.45) is 0 Å². The van der Waals surface area contributed by atoms with E-state index in [9.17, 15) is 5.11 Å². The molecule has 3 heteroatoms. The Morgan fingerprint density at radius 2 is 2.11 bits per heavy atom. The first-order valence-electron chi connectivity index (χ1n) is 6.48. The highest BCUT2D eigenvalue weighted by atomic mass is 35.5.